The van der Waals surface area contributed by atoms with Crippen LogP contribution in [0.3, 0.4) is 0 Å². The number of aryl methyl sites for hydroxylation is 1. The molecule has 0 unspecified atom stereocenters. The first-order valence-corrected chi connectivity index (χ1v) is 6.62. The van der Waals surface area contributed by atoms with Crippen molar-refractivity contribution in [2.24, 2.45) is 7.05 Å². The molecular weight excluding hydrogens is 280 g/mol. The minimum atomic E-state index is -1.06. The van der Waals surface area contributed by atoms with Gasteiger partial charge in [0.1, 0.15) is 10.3 Å². The molecular formula is C12H10N4O3S. The van der Waals surface area contributed by atoms with E-state index in [-0.39, 0.29) is 17.7 Å². The maximum Gasteiger partial charge on any atom is 0.339 e. The van der Waals surface area contributed by atoms with E-state index in [0.717, 1.165) is 0 Å². The fraction of sp³-hybridized carbons (Fsp3) is 0.167. The number of aromatic nitrogens is 4. The van der Waals surface area contributed by atoms with E-state index in [1.54, 1.807) is 18.5 Å². The third kappa shape index (κ3) is 1.90. The summed E-state index contributed by atoms with van der Waals surface area (Å²) in [6, 6.07) is 1.78. The van der Waals surface area contributed by atoms with Crippen LogP contribution in [0.5, 0.6) is 0 Å². The van der Waals surface area contributed by atoms with Crippen molar-refractivity contribution in [2.45, 2.75) is 6.54 Å². The van der Waals surface area contributed by atoms with Crippen LogP contribution >= 0.6 is 11.3 Å². The van der Waals surface area contributed by atoms with Crippen LogP contribution in [-0.4, -0.2) is 30.4 Å². The zero-order valence-electron chi connectivity index (χ0n) is 10.5. The van der Waals surface area contributed by atoms with Crippen LogP contribution < -0.4 is 5.56 Å². The van der Waals surface area contributed by atoms with Crippen LogP contribution in [0.4, 0.5) is 0 Å². The van der Waals surface area contributed by atoms with Gasteiger partial charge in [0.15, 0.2) is 0 Å². The molecule has 0 bridgehead atoms. The highest BCUT2D eigenvalue weighted by atomic mass is 32.1. The molecule has 0 fully saturated rings. The average molecular weight is 290 g/mol. The van der Waals surface area contributed by atoms with Crippen molar-refractivity contribution in [3.8, 4) is 0 Å². The number of carboxylic acids is 1. The summed E-state index contributed by atoms with van der Waals surface area (Å²) in [6.45, 7) is 0.123. The van der Waals surface area contributed by atoms with E-state index in [4.69, 9.17) is 5.11 Å². The Morgan fingerprint density at radius 2 is 2.30 bits per heavy atom. The maximum absolute atomic E-state index is 12.3. The van der Waals surface area contributed by atoms with Gasteiger partial charge in [0.05, 0.1) is 30.3 Å². The molecule has 7 nitrogen and oxygen atoms in total. The number of carbonyl (C=O) groups is 1. The van der Waals surface area contributed by atoms with Crippen molar-refractivity contribution in [3.63, 3.8) is 0 Å². The van der Waals surface area contributed by atoms with Gasteiger partial charge in [0, 0.05) is 7.05 Å². The van der Waals surface area contributed by atoms with Gasteiger partial charge in [-0.3, -0.25) is 14.0 Å². The zero-order valence-corrected chi connectivity index (χ0v) is 11.3. The summed E-state index contributed by atoms with van der Waals surface area (Å²) in [4.78, 5) is 27.6. The second kappa shape index (κ2) is 4.57. The molecule has 0 saturated heterocycles. The second-order valence-electron chi connectivity index (χ2n) is 4.25. The quantitative estimate of drug-likeness (QED) is 0.775. The molecule has 0 aromatic carbocycles. The minimum Gasteiger partial charge on any atom is -0.478 e. The summed E-state index contributed by atoms with van der Waals surface area (Å²) in [7, 11) is 1.64. The molecule has 0 aliphatic rings. The van der Waals surface area contributed by atoms with Crippen LogP contribution in [0.15, 0.2) is 28.8 Å². The van der Waals surface area contributed by atoms with E-state index in [1.807, 2.05) is 0 Å². The molecule has 0 aliphatic heterocycles. The van der Waals surface area contributed by atoms with Crippen molar-refractivity contribution in [1.29, 1.82) is 0 Å². The molecule has 3 heterocycles. The molecule has 102 valence electrons. The van der Waals surface area contributed by atoms with Crippen molar-refractivity contribution in [3.05, 3.63) is 45.6 Å². The molecule has 0 atom stereocenters. The molecule has 0 spiro atoms. The summed E-state index contributed by atoms with van der Waals surface area (Å²) in [5, 5.41) is 14.8. The summed E-state index contributed by atoms with van der Waals surface area (Å²) >= 11 is 1.32. The molecule has 20 heavy (non-hydrogen) atoms. The lowest BCUT2D eigenvalue weighted by atomic mass is 10.2. The molecule has 0 amide bonds. The van der Waals surface area contributed by atoms with Gasteiger partial charge >= 0.3 is 5.97 Å². The minimum absolute atomic E-state index is 0.0886. The molecule has 3 rings (SSSR count). The lowest BCUT2D eigenvalue weighted by Crippen LogP contribution is -2.22. The first-order chi connectivity index (χ1) is 9.58. The lowest BCUT2D eigenvalue weighted by molar-refractivity contribution is 0.0695. The van der Waals surface area contributed by atoms with Crippen LogP contribution in [-0.2, 0) is 13.6 Å². The predicted octanol–water partition coefficient (Wildman–Crippen LogP) is 0.938. The number of fused-ring (bicyclic) bond motifs is 1. The highest BCUT2D eigenvalue weighted by molar-refractivity contribution is 7.17. The Morgan fingerprint density at radius 1 is 1.50 bits per heavy atom. The predicted molar refractivity (Wildman–Crippen MR) is 73.1 cm³/mol. The van der Waals surface area contributed by atoms with E-state index in [0.29, 0.717) is 15.9 Å². The first kappa shape index (κ1) is 12.5. The normalized spacial score (nSPS) is 11.1. The Labute approximate surface area is 116 Å². The molecule has 1 N–H and O–H groups in total. The third-order valence-corrected chi connectivity index (χ3v) is 3.94. The molecule has 0 aliphatic carbocycles. The van der Waals surface area contributed by atoms with Gasteiger partial charge in [-0.1, -0.05) is 0 Å². The molecule has 3 aromatic heterocycles. The fourth-order valence-corrected chi connectivity index (χ4v) is 2.77. The number of hydrogen-bond acceptors (Lipinski definition) is 5. The van der Waals surface area contributed by atoms with Crippen LogP contribution in [0, 0.1) is 0 Å². The van der Waals surface area contributed by atoms with E-state index in [1.165, 1.54) is 33.1 Å². The fourth-order valence-electron chi connectivity index (χ4n) is 1.98. The van der Waals surface area contributed by atoms with E-state index >= 15 is 0 Å². The van der Waals surface area contributed by atoms with Gasteiger partial charge < -0.3 is 5.11 Å². The Hall–Kier alpha value is -2.48. The maximum atomic E-state index is 12.3. The van der Waals surface area contributed by atoms with Crippen molar-refractivity contribution in [2.75, 3.05) is 0 Å². The van der Waals surface area contributed by atoms with Gasteiger partial charge in [0.25, 0.3) is 5.56 Å². The number of carboxylic acid groups (broad SMARTS) is 1. The molecule has 0 saturated carbocycles. The van der Waals surface area contributed by atoms with Gasteiger partial charge in [-0.15, -0.1) is 11.3 Å². The topological polar surface area (TPSA) is 90.0 Å². The Kier molecular flexibility index (Phi) is 2.87. The number of hydrogen-bond donors (Lipinski definition) is 1. The van der Waals surface area contributed by atoms with Gasteiger partial charge in [-0.25, -0.2) is 9.78 Å². The lowest BCUT2D eigenvalue weighted by Gasteiger charge is -2.07. The molecule has 8 heteroatoms. The van der Waals surface area contributed by atoms with Gasteiger partial charge in [0.2, 0.25) is 0 Å². The van der Waals surface area contributed by atoms with E-state index < -0.39 is 5.97 Å². The Bertz CT molecular complexity index is 861. The van der Waals surface area contributed by atoms with Crippen LogP contribution in [0.1, 0.15) is 16.1 Å². The zero-order chi connectivity index (χ0) is 14.3. The molecule has 0 radical (unpaired) electrons. The number of aromatic carboxylic acids is 1. The summed E-state index contributed by atoms with van der Waals surface area (Å²) in [5.41, 5.74) is 1.02. The Balaban J connectivity index is 2.10. The van der Waals surface area contributed by atoms with E-state index in [9.17, 15) is 9.59 Å². The van der Waals surface area contributed by atoms with Crippen molar-refractivity contribution in [1.82, 2.24) is 19.3 Å². The highest BCUT2D eigenvalue weighted by Gasteiger charge is 2.16. The van der Waals surface area contributed by atoms with Crippen molar-refractivity contribution < 1.29 is 9.90 Å². The Morgan fingerprint density at radius 3 is 3.05 bits per heavy atom. The first-order valence-electron chi connectivity index (χ1n) is 5.74. The summed E-state index contributed by atoms with van der Waals surface area (Å²) < 4.78 is 3.41. The van der Waals surface area contributed by atoms with Crippen LogP contribution in [0.25, 0.3) is 10.2 Å². The van der Waals surface area contributed by atoms with E-state index in [2.05, 4.69) is 10.1 Å². The smallest absolute Gasteiger partial charge is 0.339 e. The van der Waals surface area contributed by atoms with Crippen LogP contribution in [0.2, 0.25) is 0 Å². The summed E-state index contributed by atoms with van der Waals surface area (Å²) in [6.07, 6.45) is 2.70. The number of rotatable bonds is 3. The third-order valence-electron chi connectivity index (χ3n) is 3.05. The monoisotopic (exact) mass is 290 g/mol. The van der Waals surface area contributed by atoms with Gasteiger partial charge in [-0.2, -0.15) is 5.10 Å². The number of thiophene rings is 1. The number of nitrogens with zero attached hydrogens (tertiary/aromatic N) is 4. The summed E-state index contributed by atoms with van der Waals surface area (Å²) in [5.74, 6) is -1.06. The SMILES string of the molecule is Cn1ncc(C(=O)O)c1Cn1cnc2ccsc2c1=O. The van der Waals surface area contributed by atoms with Crippen molar-refractivity contribution >= 4 is 27.5 Å². The highest BCUT2D eigenvalue weighted by Crippen LogP contribution is 2.14. The average Bonchev–Trinajstić information content (AvgIpc) is 3.01. The molecule has 3 aromatic rings. The second-order valence-corrected chi connectivity index (χ2v) is 5.16. The standard InChI is InChI=1S/C12H10N4O3S/c1-15-9(7(4-14-15)12(18)19)5-16-6-13-8-2-3-20-10(8)11(16)17/h2-4,6H,5H2,1H3,(H,18,19). The van der Waals surface area contributed by atoms with Gasteiger partial charge in [-0.05, 0) is 11.4 Å². The largest absolute Gasteiger partial charge is 0.478 e.